The number of carbonyl (C=O) groups excluding carboxylic acids is 1. The molecule has 1 aromatic carbocycles. The van der Waals surface area contributed by atoms with Crippen molar-refractivity contribution in [2.75, 3.05) is 11.4 Å². The first-order valence-electron chi connectivity index (χ1n) is 5.75. The average molecular weight is 282 g/mol. The standard InChI is InChI=1S/C13H16BrNO/c1-10-6-7-11(9-12(10)14)15-8-4-2-3-5-13(15)16/h6-7,9H,2-5,8H2,1H3. The second-order valence-corrected chi connectivity index (χ2v) is 5.14. The quantitative estimate of drug-likeness (QED) is 0.769. The van der Waals surface area contributed by atoms with Crippen molar-refractivity contribution in [1.82, 2.24) is 0 Å². The summed E-state index contributed by atoms with van der Waals surface area (Å²) < 4.78 is 1.07. The van der Waals surface area contributed by atoms with E-state index >= 15 is 0 Å². The molecule has 86 valence electrons. The molecule has 1 heterocycles. The van der Waals surface area contributed by atoms with Crippen LogP contribution < -0.4 is 4.90 Å². The second-order valence-electron chi connectivity index (χ2n) is 4.29. The molecule has 0 radical (unpaired) electrons. The number of rotatable bonds is 1. The van der Waals surface area contributed by atoms with Gasteiger partial charge in [0, 0.05) is 23.1 Å². The number of nitrogens with zero attached hydrogens (tertiary/aromatic N) is 1. The Labute approximate surface area is 105 Å². The van der Waals surface area contributed by atoms with Gasteiger partial charge in [-0.3, -0.25) is 4.79 Å². The number of carbonyl (C=O) groups is 1. The zero-order valence-corrected chi connectivity index (χ0v) is 11.1. The van der Waals surface area contributed by atoms with Gasteiger partial charge in [0.1, 0.15) is 0 Å². The molecule has 0 saturated carbocycles. The maximum Gasteiger partial charge on any atom is 0.226 e. The van der Waals surface area contributed by atoms with Crippen molar-refractivity contribution in [3.05, 3.63) is 28.2 Å². The summed E-state index contributed by atoms with van der Waals surface area (Å²) in [6, 6.07) is 6.12. The highest BCUT2D eigenvalue weighted by molar-refractivity contribution is 9.10. The molecule has 0 unspecified atom stereocenters. The van der Waals surface area contributed by atoms with Crippen molar-refractivity contribution in [2.24, 2.45) is 0 Å². The Morgan fingerprint density at radius 1 is 1.25 bits per heavy atom. The summed E-state index contributed by atoms with van der Waals surface area (Å²) >= 11 is 3.51. The third-order valence-electron chi connectivity index (χ3n) is 3.04. The van der Waals surface area contributed by atoms with Crippen molar-refractivity contribution in [1.29, 1.82) is 0 Å². The largest absolute Gasteiger partial charge is 0.312 e. The van der Waals surface area contributed by atoms with Crippen LogP contribution in [0.25, 0.3) is 0 Å². The molecule has 0 aromatic heterocycles. The fraction of sp³-hybridized carbons (Fsp3) is 0.462. The Morgan fingerprint density at radius 2 is 2.06 bits per heavy atom. The molecule has 16 heavy (non-hydrogen) atoms. The Kier molecular flexibility index (Phi) is 3.64. The lowest BCUT2D eigenvalue weighted by Crippen LogP contribution is -2.29. The fourth-order valence-electron chi connectivity index (χ4n) is 2.01. The molecule has 1 aliphatic heterocycles. The molecule has 3 heteroatoms. The molecule has 2 nitrogen and oxygen atoms in total. The van der Waals surface area contributed by atoms with E-state index in [1.54, 1.807) is 0 Å². The molecule has 0 atom stereocenters. The minimum Gasteiger partial charge on any atom is -0.312 e. The number of halogens is 1. The van der Waals surface area contributed by atoms with Crippen LogP contribution in [0, 0.1) is 6.92 Å². The Morgan fingerprint density at radius 3 is 2.81 bits per heavy atom. The topological polar surface area (TPSA) is 20.3 Å². The average Bonchev–Trinajstić information content (AvgIpc) is 2.47. The molecule has 0 N–H and O–H groups in total. The summed E-state index contributed by atoms with van der Waals surface area (Å²) in [7, 11) is 0. The van der Waals surface area contributed by atoms with Gasteiger partial charge in [-0.05, 0) is 37.5 Å². The van der Waals surface area contributed by atoms with Crippen LogP contribution in [0.5, 0.6) is 0 Å². The van der Waals surface area contributed by atoms with E-state index in [1.807, 2.05) is 17.0 Å². The lowest BCUT2D eigenvalue weighted by atomic mass is 10.2. The highest BCUT2D eigenvalue weighted by Gasteiger charge is 2.18. The maximum absolute atomic E-state index is 11.9. The van der Waals surface area contributed by atoms with Crippen LogP contribution in [0.3, 0.4) is 0 Å². The number of hydrogen-bond acceptors (Lipinski definition) is 1. The highest BCUT2D eigenvalue weighted by atomic mass is 79.9. The molecule has 1 fully saturated rings. The van der Waals surface area contributed by atoms with Crippen LogP contribution in [0.4, 0.5) is 5.69 Å². The SMILES string of the molecule is Cc1ccc(N2CCCCCC2=O)cc1Br. The van der Waals surface area contributed by atoms with Gasteiger partial charge in [-0.2, -0.15) is 0 Å². The maximum atomic E-state index is 11.9. The van der Waals surface area contributed by atoms with Gasteiger partial charge in [-0.15, -0.1) is 0 Å². The first kappa shape index (κ1) is 11.6. The lowest BCUT2D eigenvalue weighted by Gasteiger charge is -2.21. The predicted octanol–water partition coefficient (Wildman–Crippen LogP) is 3.66. The van der Waals surface area contributed by atoms with Gasteiger partial charge in [0.15, 0.2) is 0 Å². The zero-order chi connectivity index (χ0) is 11.5. The molecule has 0 aliphatic carbocycles. The van der Waals surface area contributed by atoms with E-state index < -0.39 is 0 Å². The van der Waals surface area contributed by atoms with Gasteiger partial charge in [0.2, 0.25) is 5.91 Å². The van der Waals surface area contributed by atoms with Crippen molar-refractivity contribution in [2.45, 2.75) is 32.6 Å². The van der Waals surface area contributed by atoms with Gasteiger partial charge >= 0.3 is 0 Å². The minimum absolute atomic E-state index is 0.258. The number of anilines is 1. The van der Waals surface area contributed by atoms with Crippen LogP contribution in [-0.2, 0) is 4.79 Å². The fourth-order valence-corrected chi connectivity index (χ4v) is 2.37. The van der Waals surface area contributed by atoms with Crippen LogP contribution in [-0.4, -0.2) is 12.5 Å². The molecule has 1 saturated heterocycles. The highest BCUT2D eigenvalue weighted by Crippen LogP contribution is 2.26. The van der Waals surface area contributed by atoms with Crippen molar-refractivity contribution < 1.29 is 4.79 Å². The van der Waals surface area contributed by atoms with E-state index in [2.05, 4.69) is 28.9 Å². The number of aryl methyl sites for hydroxylation is 1. The molecule has 0 spiro atoms. The first-order valence-corrected chi connectivity index (χ1v) is 6.54. The van der Waals surface area contributed by atoms with Crippen LogP contribution in [0.15, 0.2) is 22.7 Å². The van der Waals surface area contributed by atoms with E-state index in [-0.39, 0.29) is 5.91 Å². The monoisotopic (exact) mass is 281 g/mol. The Balaban J connectivity index is 2.27. The molecule has 2 rings (SSSR count). The normalized spacial score (nSPS) is 17.4. The Hall–Kier alpha value is -0.830. The van der Waals surface area contributed by atoms with E-state index in [4.69, 9.17) is 0 Å². The van der Waals surface area contributed by atoms with E-state index in [1.165, 1.54) is 5.56 Å². The van der Waals surface area contributed by atoms with E-state index in [9.17, 15) is 4.79 Å². The molecule has 1 aromatic rings. The summed E-state index contributed by atoms with van der Waals surface area (Å²) in [4.78, 5) is 13.8. The summed E-state index contributed by atoms with van der Waals surface area (Å²) in [6.45, 7) is 2.91. The molecule has 1 amide bonds. The number of amides is 1. The lowest BCUT2D eigenvalue weighted by molar-refractivity contribution is -0.118. The van der Waals surface area contributed by atoms with Crippen molar-refractivity contribution >= 4 is 27.5 Å². The van der Waals surface area contributed by atoms with Gasteiger partial charge < -0.3 is 4.90 Å². The second kappa shape index (κ2) is 5.00. The summed E-state index contributed by atoms with van der Waals surface area (Å²) in [5.74, 6) is 0.258. The van der Waals surface area contributed by atoms with Crippen molar-refractivity contribution in [3.8, 4) is 0 Å². The predicted molar refractivity (Wildman–Crippen MR) is 69.7 cm³/mol. The van der Waals surface area contributed by atoms with Crippen molar-refractivity contribution in [3.63, 3.8) is 0 Å². The molecular formula is C13H16BrNO. The third-order valence-corrected chi connectivity index (χ3v) is 3.89. The first-order chi connectivity index (χ1) is 7.68. The third kappa shape index (κ3) is 2.46. The summed E-state index contributed by atoms with van der Waals surface area (Å²) in [5, 5.41) is 0. The number of benzene rings is 1. The van der Waals surface area contributed by atoms with Gasteiger partial charge in [-0.25, -0.2) is 0 Å². The van der Waals surface area contributed by atoms with Crippen LogP contribution in [0.1, 0.15) is 31.2 Å². The van der Waals surface area contributed by atoms with Gasteiger partial charge in [0.05, 0.1) is 0 Å². The van der Waals surface area contributed by atoms with Gasteiger partial charge in [-0.1, -0.05) is 28.4 Å². The van der Waals surface area contributed by atoms with E-state index in [0.29, 0.717) is 6.42 Å². The Bertz CT molecular complexity index is 403. The molecule has 0 bridgehead atoms. The smallest absolute Gasteiger partial charge is 0.226 e. The summed E-state index contributed by atoms with van der Waals surface area (Å²) in [5.41, 5.74) is 2.22. The molecule has 1 aliphatic rings. The van der Waals surface area contributed by atoms with Crippen LogP contribution in [0.2, 0.25) is 0 Å². The van der Waals surface area contributed by atoms with E-state index in [0.717, 1.165) is 36.0 Å². The summed E-state index contributed by atoms with van der Waals surface area (Å²) in [6.07, 6.45) is 3.99. The van der Waals surface area contributed by atoms with Gasteiger partial charge in [0.25, 0.3) is 0 Å². The molecular weight excluding hydrogens is 266 g/mol. The number of hydrogen-bond donors (Lipinski definition) is 0. The minimum atomic E-state index is 0.258. The zero-order valence-electron chi connectivity index (χ0n) is 9.50. The van der Waals surface area contributed by atoms with Crippen LogP contribution >= 0.6 is 15.9 Å².